The Morgan fingerprint density at radius 2 is 1.67 bits per heavy atom. The second kappa shape index (κ2) is 6.44. The summed E-state index contributed by atoms with van der Waals surface area (Å²) in [7, 11) is 0. The number of carbonyl (C=O) groups is 1. The minimum absolute atomic E-state index is 0.0350. The zero-order valence-electron chi connectivity index (χ0n) is 12.9. The van der Waals surface area contributed by atoms with E-state index in [1.54, 1.807) is 6.07 Å². The zero-order chi connectivity index (χ0) is 15.4. The molecule has 0 radical (unpaired) electrons. The molecule has 3 nitrogen and oxygen atoms in total. The van der Waals surface area contributed by atoms with E-state index >= 15 is 0 Å². The number of para-hydroxylation sites is 1. The summed E-state index contributed by atoms with van der Waals surface area (Å²) in [5.74, 6) is 0.376. The Morgan fingerprint density at radius 1 is 1.00 bits per heavy atom. The van der Waals surface area contributed by atoms with Gasteiger partial charge in [0, 0.05) is 6.92 Å². The summed E-state index contributed by atoms with van der Waals surface area (Å²) >= 11 is 0. The molecular formula is C18H20N2O. The van der Waals surface area contributed by atoms with Gasteiger partial charge in [-0.25, -0.2) is 4.98 Å². The van der Waals surface area contributed by atoms with Gasteiger partial charge in [-0.2, -0.15) is 0 Å². The number of benzene rings is 1. The third-order valence-corrected chi connectivity index (χ3v) is 3.33. The first-order valence-electron chi connectivity index (χ1n) is 7.11. The number of carbonyl (C=O) groups excluding carboxylic acids is 1. The Labute approximate surface area is 125 Å². The maximum Gasteiger partial charge on any atom is 0.178 e. The average Bonchev–Trinajstić information content (AvgIpc) is 2.47. The van der Waals surface area contributed by atoms with E-state index in [0.717, 1.165) is 17.1 Å². The molecule has 108 valence electrons. The molecule has 0 bridgehead atoms. The van der Waals surface area contributed by atoms with Crippen LogP contribution in [0.4, 0.5) is 5.69 Å². The number of pyridine rings is 1. The van der Waals surface area contributed by atoms with Crippen molar-refractivity contribution in [2.45, 2.75) is 33.6 Å². The van der Waals surface area contributed by atoms with Gasteiger partial charge in [-0.15, -0.1) is 0 Å². The molecule has 2 aromatic rings. The van der Waals surface area contributed by atoms with Crippen LogP contribution in [-0.2, 0) is 0 Å². The lowest BCUT2D eigenvalue weighted by molar-refractivity contribution is 0.101. The van der Waals surface area contributed by atoms with Crippen molar-refractivity contribution in [1.82, 2.24) is 4.98 Å². The van der Waals surface area contributed by atoms with Crippen LogP contribution in [0.1, 0.15) is 55.4 Å². The fourth-order valence-electron chi connectivity index (χ4n) is 2.15. The van der Waals surface area contributed by atoms with Crippen molar-refractivity contribution in [1.29, 1.82) is 0 Å². The van der Waals surface area contributed by atoms with Gasteiger partial charge < -0.3 is 0 Å². The number of aliphatic imine (C=N–C) groups is 1. The molecule has 0 fully saturated rings. The number of aromatic nitrogens is 1. The number of nitrogens with zero attached hydrogens (tertiary/aromatic N) is 2. The van der Waals surface area contributed by atoms with E-state index in [9.17, 15) is 4.79 Å². The third kappa shape index (κ3) is 3.63. The van der Waals surface area contributed by atoms with E-state index in [-0.39, 0.29) is 5.78 Å². The lowest BCUT2D eigenvalue weighted by atomic mass is 10.0. The Kier molecular flexibility index (Phi) is 4.63. The summed E-state index contributed by atoms with van der Waals surface area (Å²) in [4.78, 5) is 20.5. The summed E-state index contributed by atoms with van der Waals surface area (Å²) in [5, 5.41) is 0. The number of ketones is 1. The summed E-state index contributed by atoms with van der Waals surface area (Å²) in [6.07, 6.45) is 0. The van der Waals surface area contributed by atoms with Crippen molar-refractivity contribution in [3.63, 3.8) is 0 Å². The van der Waals surface area contributed by atoms with Crippen molar-refractivity contribution in [3.05, 3.63) is 59.4 Å². The first-order valence-corrected chi connectivity index (χ1v) is 7.11. The monoisotopic (exact) mass is 280 g/mol. The highest BCUT2D eigenvalue weighted by molar-refractivity contribution is 6.00. The van der Waals surface area contributed by atoms with E-state index in [0.29, 0.717) is 11.6 Å². The molecule has 0 aliphatic rings. The summed E-state index contributed by atoms with van der Waals surface area (Å²) < 4.78 is 0. The second-order valence-electron chi connectivity index (χ2n) is 5.37. The Balaban J connectivity index is 2.42. The quantitative estimate of drug-likeness (QED) is 0.609. The Morgan fingerprint density at radius 3 is 2.33 bits per heavy atom. The molecule has 1 heterocycles. The smallest absolute Gasteiger partial charge is 0.178 e. The predicted molar refractivity (Wildman–Crippen MR) is 86.6 cm³/mol. The fourth-order valence-corrected chi connectivity index (χ4v) is 2.15. The molecule has 21 heavy (non-hydrogen) atoms. The van der Waals surface area contributed by atoms with E-state index < -0.39 is 0 Å². The molecule has 3 heteroatoms. The van der Waals surface area contributed by atoms with Crippen molar-refractivity contribution < 1.29 is 4.79 Å². The maximum atomic E-state index is 11.4. The largest absolute Gasteiger partial charge is 0.293 e. The highest BCUT2D eigenvalue weighted by Crippen LogP contribution is 2.26. The van der Waals surface area contributed by atoms with Crippen LogP contribution in [0.5, 0.6) is 0 Å². The topological polar surface area (TPSA) is 42.3 Å². The number of Topliss-reactive ketones (excluding diaryl/α,β-unsaturated/α-hetero) is 1. The lowest BCUT2D eigenvalue weighted by Gasteiger charge is -2.10. The highest BCUT2D eigenvalue weighted by atomic mass is 16.1. The zero-order valence-corrected chi connectivity index (χ0v) is 12.9. The van der Waals surface area contributed by atoms with Crippen LogP contribution in [0, 0.1) is 0 Å². The molecule has 0 saturated carbocycles. The van der Waals surface area contributed by atoms with Crippen molar-refractivity contribution in [2.75, 3.05) is 0 Å². The van der Waals surface area contributed by atoms with E-state index in [1.165, 1.54) is 12.5 Å². The molecule has 2 rings (SSSR count). The van der Waals surface area contributed by atoms with Gasteiger partial charge in [0.1, 0.15) is 5.69 Å². The molecule has 0 saturated heterocycles. The van der Waals surface area contributed by atoms with Gasteiger partial charge in [0.25, 0.3) is 0 Å². The molecule has 0 amide bonds. The summed E-state index contributed by atoms with van der Waals surface area (Å²) in [5.41, 5.74) is 4.19. The third-order valence-electron chi connectivity index (χ3n) is 3.33. The van der Waals surface area contributed by atoms with Gasteiger partial charge in [0.05, 0.1) is 17.1 Å². The predicted octanol–water partition coefficient (Wildman–Crippen LogP) is 4.55. The van der Waals surface area contributed by atoms with Gasteiger partial charge in [0.2, 0.25) is 0 Å². The van der Waals surface area contributed by atoms with Crippen LogP contribution < -0.4 is 0 Å². The maximum absolute atomic E-state index is 11.4. The van der Waals surface area contributed by atoms with Gasteiger partial charge in [-0.1, -0.05) is 38.1 Å². The van der Waals surface area contributed by atoms with Gasteiger partial charge in [-0.3, -0.25) is 9.79 Å². The van der Waals surface area contributed by atoms with Crippen molar-refractivity contribution in [2.24, 2.45) is 4.99 Å². The van der Waals surface area contributed by atoms with E-state index in [1.807, 2.05) is 37.3 Å². The molecular weight excluding hydrogens is 260 g/mol. The summed E-state index contributed by atoms with van der Waals surface area (Å²) in [6, 6.07) is 13.6. The van der Waals surface area contributed by atoms with Gasteiger partial charge in [0.15, 0.2) is 5.78 Å². The molecule has 1 aromatic heterocycles. The van der Waals surface area contributed by atoms with E-state index in [2.05, 4.69) is 24.9 Å². The average molecular weight is 280 g/mol. The van der Waals surface area contributed by atoms with Crippen LogP contribution in [0.2, 0.25) is 0 Å². The molecule has 0 spiro atoms. The molecule has 1 aromatic carbocycles. The second-order valence-corrected chi connectivity index (χ2v) is 5.37. The van der Waals surface area contributed by atoms with Crippen LogP contribution in [0.15, 0.2) is 47.5 Å². The fraction of sp³-hybridized carbons (Fsp3) is 0.278. The summed E-state index contributed by atoms with van der Waals surface area (Å²) in [6.45, 7) is 7.74. The lowest BCUT2D eigenvalue weighted by Crippen LogP contribution is -2.04. The van der Waals surface area contributed by atoms with Crippen LogP contribution >= 0.6 is 0 Å². The SMILES string of the molecule is CC(=O)c1cccc(/C(C)=N/c2ccccc2C(C)C)n1. The van der Waals surface area contributed by atoms with Gasteiger partial charge >= 0.3 is 0 Å². The number of rotatable bonds is 4. The normalized spacial score (nSPS) is 11.8. The van der Waals surface area contributed by atoms with Crippen LogP contribution in [0.25, 0.3) is 0 Å². The number of hydrogen-bond acceptors (Lipinski definition) is 3. The number of hydrogen-bond donors (Lipinski definition) is 0. The van der Waals surface area contributed by atoms with E-state index in [4.69, 9.17) is 4.99 Å². The van der Waals surface area contributed by atoms with Crippen molar-refractivity contribution >= 4 is 17.2 Å². The first-order chi connectivity index (χ1) is 9.99. The standard InChI is InChI=1S/C18H20N2O/c1-12(2)15-8-5-6-9-18(15)19-13(3)16-10-7-11-17(20-16)14(4)21/h5-12H,1-4H3/b19-13+. The molecule has 0 atom stereocenters. The Hall–Kier alpha value is -2.29. The Bertz CT molecular complexity index is 687. The first kappa shape index (κ1) is 15.1. The molecule has 0 aliphatic heterocycles. The van der Waals surface area contributed by atoms with Gasteiger partial charge in [-0.05, 0) is 36.6 Å². The minimum atomic E-state index is -0.0350. The van der Waals surface area contributed by atoms with Crippen LogP contribution in [0.3, 0.4) is 0 Å². The van der Waals surface area contributed by atoms with Crippen LogP contribution in [-0.4, -0.2) is 16.5 Å². The van der Waals surface area contributed by atoms with Crippen molar-refractivity contribution in [3.8, 4) is 0 Å². The minimum Gasteiger partial charge on any atom is -0.293 e. The molecule has 0 unspecified atom stereocenters. The highest BCUT2D eigenvalue weighted by Gasteiger charge is 2.08. The molecule has 0 aliphatic carbocycles. The molecule has 0 N–H and O–H groups in total.